The van der Waals surface area contributed by atoms with Crippen LogP contribution in [0.4, 0.5) is 0 Å². The van der Waals surface area contributed by atoms with Crippen LogP contribution in [0.15, 0.2) is 45.7 Å². The highest BCUT2D eigenvalue weighted by Gasteiger charge is 2.09. The van der Waals surface area contributed by atoms with E-state index in [0.717, 1.165) is 78.1 Å². The summed E-state index contributed by atoms with van der Waals surface area (Å²) in [6.07, 6.45) is 6.46. The summed E-state index contributed by atoms with van der Waals surface area (Å²) in [5.74, 6) is 0.136. The van der Waals surface area contributed by atoms with Crippen molar-refractivity contribution >= 4 is 49.9 Å². The molecule has 0 saturated carbocycles. The summed E-state index contributed by atoms with van der Waals surface area (Å²) in [6, 6.07) is 12.0. The van der Waals surface area contributed by atoms with E-state index in [4.69, 9.17) is 4.74 Å². The van der Waals surface area contributed by atoms with Gasteiger partial charge in [-0.3, -0.25) is 4.79 Å². The molecule has 8 heteroatoms. The number of aromatic amines is 1. The molecule has 31 heavy (non-hydrogen) atoms. The summed E-state index contributed by atoms with van der Waals surface area (Å²) in [5, 5.41) is 13.3. The third-order valence-electron chi connectivity index (χ3n) is 5.05. The first-order chi connectivity index (χ1) is 14.6. The predicted molar refractivity (Wildman–Crippen MR) is 135 cm³/mol. The number of hydrogen-bond donors (Lipinski definition) is 3. The standard InChI is InChI=1S/C23H29BrN2O3S.ClH/c24-19-8-5-17(6-9-19)12-16-29-15-4-2-1-3-13-25-14-11-18-7-10-20(27)21-22(18)30-23(28)26-21;/h5-10,25,27H,1-4,11-16H2,(H,26,28);1H. The van der Waals surface area contributed by atoms with E-state index in [1.54, 1.807) is 6.07 Å². The van der Waals surface area contributed by atoms with Gasteiger partial charge in [0.2, 0.25) is 0 Å². The SMILES string of the molecule is Cl.O=c1[nH]c2c(O)ccc(CCNCCCCCCOCCc3ccc(Br)cc3)c2s1. The molecule has 0 amide bonds. The van der Waals surface area contributed by atoms with E-state index in [1.165, 1.54) is 18.4 Å². The summed E-state index contributed by atoms with van der Waals surface area (Å²) in [4.78, 5) is 14.1. The molecule has 2 aromatic carbocycles. The molecule has 3 rings (SSSR count). The second-order valence-electron chi connectivity index (χ2n) is 7.37. The van der Waals surface area contributed by atoms with Gasteiger partial charge in [0, 0.05) is 11.1 Å². The van der Waals surface area contributed by atoms with Crippen LogP contribution in [0.1, 0.15) is 36.8 Å². The molecule has 0 aliphatic rings. The number of phenols is 1. The molecular weight excluding hydrogens is 500 g/mol. The first-order valence-corrected chi connectivity index (χ1v) is 12.1. The van der Waals surface area contributed by atoms with E-state index in [0.29, 0.717) is 5.52 Å². The van der Waals surface area contributed by atoms with Crippen molar-refractivity contribution in [2.75, 3.05) is 26.3 Å². The van der Waals surface area contributed by atoms with Crippen molar-refractivity contribution in [3.63, 3.8) is 0 Å². The van der Waals surface area contributed by atoms with Gasteiger partial charge in [-0.2, -0.15) is 0 Å². The van der Waals surface area contributed by atoms with E-state index >= 15 is 0 Å². The molecule has 3 N–H and O–H groups in total. The monoisotopic (exact) mass is 528 g/mol. The molecule has 0 bridgehead atoms. The number of phenolic OH excluding ortho intramolecular Hbond substituents is 1. The third kappa shape index (κ3) is 8.58. The van der Waals surface area contributed by atoms with E-state index in [-0.39, 0.29) is 23.0 Å². The number of aromatic hydroxyl groups is 1. The van der Waals surface area contributed by atoms with Gasteiger partial charge in [-0.1, -0.05) is 58.3 Å². The molecule has 0 aliphatic heterocycles. The Hall–Kier alpha value is -1.38. The van der Waals surface area contributed by atoms with E-state index in [1.807, 2.05) is 6.07 Å². The lowest BCUT2D eigenvalue weighted by atomic mass is 10.1. The fraction of sp³-hybridized carbons (Fsp3) is 0.435. The van der Waals surface area contributed by atoms with E-state index in [2.05, 4.69) is 50.5 Å². The first-order valence-electron chi connectivity index (χ1n) is 10.5. The van der Waals surface area contributed by atoms with Gasteiger partial charge in [0.25, 0.3) is 0 Å². The maximum Gasteiger partial charge on any atom is 0.305 e. The van der Waals surface area contributed by atoms with Crippen LogP contribution >= 0.6 is 39.7 Å². The lowest BCUT2D eigenvalue weighted by Gasteiger charge is -2.07. The lowest BCUT2D eigenvalue weighted by Crippen LogP contribution is -2.18. The first kappa shape index (κ1) is 25.9. The fourth-order valence-electron chi connectivity index (χ4n) is 3.37. The number of ether oxygens (including phenoxy) is 1. The Bertz CT molecular complexity index is 975. The number of unbranched alkanes of at least 4 members (excludes halogenated alkanes) is 3. The Morgan fingerprint density at radius 3 is 2.55 bits per heavy atom. The lowest BCUT2D eigenvalue weighted by molar-refractivity contribution is 0.133. The van der Waals surface area contributed by atoms with Gasteiger partial charge in [0.15, 0.2) is 0 Å². The molecule has 1 aromatic heterocycles. The van der Waals surface area contributed by atoms with Gasteiger partial charge in [-0.05, 0) is 68.1 Å². The second kappa shape index (κ2) is 13.9. The zero-order valence-electron chi connectivity index (χ0n) is 17.5. The number of aromatic nitrogens is 1. The minimum Gasteiger partial charge on any atom is -0.506 e. The van der Waals surface area contributed by atoms with Gasteiger partial charge in [-0.15, -0.1) is 12.4 Å². The summed E-state index contributed by atoms with van der Waals surface area (Å²) >= 11 is 4.61. The Morgan fingerprint density at radius 1 is 0.968 bits per heavy atom. The van der Waals surface area contributed by atoms with Crippen LogP contribution in [0.2, 0.25) is 0 Å². The van der Waals surface area contributed by atoms with Crippen molar-refractivity contribution in [1.82, 2.24) is 10.3 Å². The van der Waals surface area contributed by atoms with Gasteiger partial charge >= 0.3 is 4.87 Å². The Labute approximate surface area is 201 Å². The molecule has 0 aliphatic carbocycles. The number of halogens is 2. The van der Waals surface area contributed by atoms with Crippen LogP contribution in [-0.4, -0.2) is 36.4 Å². The highest BCUT2D eigenvalue weighted by Crippen LogP contribution is 2.27. The van der Waals surface area contributed by atoms with Crippen molar-refractivity contribution < 1.29 is 9.84 Å². The smallest absolute Gasteiger partial charge is 0.305 e. The normalized spacial score (nSPS) is 11.0. The van der Waals surface area contributed by atoms with Gasteiger partial charge in [0.05, 0.1) is 11.3 Å². The van der Waals surface area contributed by atoms with Crippen LogP contribution in [-0.2, 0) is 17.6 Å². The van der Waals surface area contributed by atoms with Gasteiger partial charge in [0.1, 0.15) is 11.3 Å². The molecule has 5 nitrogen and oxygen atoms in total. The minimum atomic E-state index is -0.127. The minimum absolute atomic E-state index is 0. The third-order valence-corrected chi connectivity index (χ3v) is 6.54. The Kier molecular flexibility index (Phi) is 11.6. The molecule has 3 aromatic rings. The Morgan fingerprint density at radius 2 is 1.74 bits per heavy atom. The van der Waals surface area contributed by atoms with Crippen molar-refractivity contribution in [3.8, 4) is 5.75 Å². The quantitative estimate of drug-likeness (QED) is 0.258. The predicted octanol–water partition coefficient (Wildman–Crippen LogP) is 5.43. The summed E-state index contributed by atoms with van der Waals surface area (Å²) in [7, 11) is 0. The van der Waals surface area contributed by atoms with Crippen molar-refractivity contribution in [2.24, 2.45) is 0 Å². The molecule has 0 fully saturated rings. The number of rotatable bonds is 13. The molecule has 170 valence electrons. The summed E-state index contributed by atoms with van der Waals surface area (Å²) in [6.45, 7) is 3.48. The number of hydrogen-bond acceptors (Lipinski definition) is 5. The van der Waals surface area contributed by atoms with Crippen LogP contribution in [0.5, 0.6) is 5.75 Å². The van der Waals surface area contributed by atoms with Crippen molar-refractivity contribution in [2.45, 2.75) is 38.5 Å². The molecule has 0 spiro atoms. The maximum absolute atomic E-state index is 11.6. The van der Waals surface area contributed by atoms with Crippen LogP contribution in [0, 0.1) is 0 Å². The number of thiazole rings is 1. The molecule has 0 saturated heterocycles. The maximum atomic E-state index is 11.6. The number of nitrogens with one attached hydrogen (secondary N) is 2. The zero-order chi connectivity index (χ0) is 21.2. The molecular formula is C23H30BrClN2O3S. The van der Waals surface area contributed by atoms with Gasteiger partial charge < -0.3 is 20.1 Å². The van der Waals surface area contributed by atoms with Crippen LogP contribution < -0.4 is 10.2 Å². The van der Waals surface area contributed by atoms with Crippen LogP contribution in [0.3, 0.4) is 0 Å². The number of H-pyrrole nitrogens is 1. The molecule has 1 heterocycles. The fourth-order valence-corrected chi connectivity index (χ4v) is 4.53. The average Bonchev–Trinajstić information content (AvgIpc) is 3.14. The zero-order valence-corrected chi connectivity index (χ0v) is 20.7. The topological polar surface area (TPSA) is 74.4 Å². The van der Waals surface area contributed by atoms with Crippen molar-refractivity contribution in [3.05, 3.63) is 61.7 Å². The summed E-state index contributed by atoms with van der Waals surface area (Å²) in [5.41, 5.74) is 2.96. The molecule has 0 atom stereocenters. The van der Waals surface area contributed by atoms with Gasteiger partial charge in [-0.25, -0.2) is 0 Å². The second-order valence-corrected chi connectivity index (χ2v) is 9.26. The highest BCUT2D eigenvalue weighted by molar-refractivity contribution is 9.10. The largest absolute Gasteiger partial charge is 0.506 e. The average molecular weight is 530 g/mol. The molecule has 0 radical (unpaired) electrons. The summed E-state index contributed by atoms with van der Waals surface area (Å²) < 4.78 is 7.71. The van der Waals surface area contributed by atoms with E-state index in [9.17, 15) is 9.90 Å². The van der Waals surface area contributed by atoms with E-state index < -0.39 is 0 Å². The van der Waals surface area contributed by atoms with Crippen LogP contribution in [0.25, 0.3) is 10.2 Å². The van der Waals surface area contributed by atoms with Crippen molar-refractivity contribution in [1.29, 1.82) is 0 Å². The number of fused-ring (bicyclic) bond motifs is 1. The highest BCUT2D eigenvalue weighted by atomic mass is 79.9. The number of benzene rings is 2. The molecule has 0 unspecified atom stereocenters. The Balaban J connectivity index is 0.00000341.